The van der Waals surface area contributed by atoms with Crippen LogP contribution in [0.25, 0.3) is 0 Å². The van der Waals surface area contributed by atoms with E-state index in [1.807, 2.05) is 6.92 Å². The Bertz CT molecular complexity index is 323. The molecule has 0 heterocycles. The van der Waals surface area contributed by atoms with Gasteiger partial charge in [0.05, 0.1) is 4.92 Å². The molecule has 70 valence electrons. The number of nitro benzene ring substituents is 1. The highest BCUT2D eigenvalue weighted by Crippen LogP contribution is 2.29. The minimum atomic E-state index is -0.575. The van der Waals surface area contributed by atoms with Crippen LogP contribution >= 0.6 is 0 Å². The summed E-state index contributed by atoms with van der Waals surface area (Å²) in [5.41, 5.74) is 0.419. The van der Waals surface area contributed by atoms with Crippen molar-refractivity contribution in [2.75, 3.05) is 0 Å². The lowest BCUT2D eigenvalue weighted by molar-refractivity contribution is -0.385. The minimum absolute atomic E-state index is 0.200. The van der Waals surface area contributed by atoms with Gasteiger partial charge in [0.25, 0.3) is 0 Å². The van der Waals surface area contributed by atoms with E-state index in [-0.39, 0.29) is 11.4 Å². The molecule has 0 spiro atoms. The molecule has 13 heavy (non-hydrogen) atoms. The third-order valence-corrected chi connectivity index (χ3v) is 1.81. The first-order valence-corrected chi connectivity index (χ1v) is 4.12. The molecule has 0 aromatic heterocycles. The molecular formula is C9H11NO3. The number of nitro groups is 1. The average Bonchev–Trinajstić information content (AvgIpc) is 2.08. The molecule has 0 saturated heterocycles. The van der Waals surface area contributed by atoms with E-state index in [1.165, 1.54) is 6.07 Å². The largest absolute Gasteiger partial charge is 0.502 e. The number of hydrogen-bond donors (Lipinski definition) is 1. The number of phenols is 1. The van der Waals surface area contributed by atoms with Gasteiger partial charge in [0.2, 0.25) is 0 Å². The van der Waals surface area contributed by atoms with E-state index in [1.54, 1.807) is 12.1 Å². The van der Waals surface area contributed by atoms with Gasteiger partial charge in [-0.05, 0) is 6.42 Å². The topological polar surface area (TPSA) is 63.4 Å². The monoisotopic (exact) mass is 181 g/mol. The van der Waals surface area contributed by atoms with E-state index in [0.29, 0.717) is 12.0 Å². The summed E-state index contributed by atoms with van der Waals surface area (Å²) in [6.45, 7) is 1.96. The van der Waals surface area contributed by atoms with Crippen molar-refractivity contribution in [3.8, 4) is 5.75 Å². The van der Waals surface area contributed by atoms with Crippen molar-refractivity contribution in [2.24, 2.45) is 0 Å². The second-order valence-electron chi connectivity index (χ2n) is 2.79. The van der Waals surface area contributed by atoms with Crippen LogP contribution in [0, 0.1) is 10.1 Å². The Morgan fingerprint density at radius 1 is 1.54 bits per heavy atom. The molecule has 0 aliphatic rings. The highest BCUT2D eigenvalue weighted by molar-refractivity contribution is 5.50. The Hall–Kier alpha value is -1.58. The molecule has 0 bridgehead atoms. The van der Waals surface area contributed by atoms with Crippen molar-refractivity contribution >= 4 is 5.69 Å². The van der Waals surface area contributed by atoms with Crippen molar-refractivity contribution in [1.29, 1.82) is 0 Å². The van der Waals surface area contributed by atoms with E-state index < -0.39 is 4.92 Å². The van der Waals surface area contributed by atoms with Crippen LogP contribution < -0.4 is 0 Å². The van der Waals surface area contributed by atoms with Crippen molar-refractivity contribution in [3.63, 3.8) is 0 Å². The van der Waals surface area contributed by atoms with Gasteiger partial charge < -0.3 is 5.11 Å². The fourth-order valence-corrected chi connectivity index (χ4v) is 1.20. The van der Waals surface area contributed by atoms with Gasteiger partial charge in [-0.15, -0.1) is 0 Å². The fraction of sp³-hybridized carbons (Fsp3) is 0.333. The van der Waals surface area contributed by atoms with Gasteiger partial charge >= 0.3 is 5.69 Å². The summed E-state index contributed by atoms with van der Waals surface area (Å²) in [7, 11) is 0. The summed E-state index contributed by atoms with van der Waals surface area (Å²) in [4.78, 5) is 9.85. The van der Waals surface area contributed by atoms with Crippen molar-refractivity contribution in [1.82, 2.24) is 0 Å². The molecule has 0 atom stereocenters. The predicted molar refractivity (Wildman–Crippen MR) is 48.8 cm³/mol. The number of para-hydroxylation sites is 1. The van der Waals surface area contributed by atoms with Gasteiger partial charge in [0.15, 0.2) is 5.75 Å². The highest BCUT2D eigenvalue weighted by Gasteiger charge is 2.14. The smallest absolute Gasteiger partial charge is 0.310 e. The second-order valence-corrected chi connectivity index (χ2v) is 2.79. The van der Waals surface area contributed by atoms with Crippen LogP contribution in [0.15, 0.2) is 18.2 Å². The molecule has 4 heteroatoms. The SMILES string of the molecule is CCCc1cccc([N+](=O)[O-])c1O. The molecule has 0 aliphatic carbocycles. The zero-order valence-electron chi connectivity index (χ0n) is 7.36. The first kappa shape index (κ1) is 9.51. The summed E-state index contributed by atoms with van der Waals surface area (Å²) in [6.07, 6.45) is 1.52. The molecule has 0 unspecified atom stereocenters. The van der Waals surface area contributed by atoms with Crippen LogP contribution in [0.4, 0.5) is 5.69 Å². The molecule has 1 aromatic carbocycles. The quantitative estimate of drug-likeness (QED) is 0.574. The third kappa shape index (κ3) is 1.96. The fourth-order valence-electron chi connectivity index (χ4n) is 1.20. The number of aromatic hydroxyl groups is 1. The Labute approximate surface area is 76.0 Å². The Morgan fingerprint density at radius 3 is 2.77 bits per heavy atom. The van der Waals surface area contributed by atoms with E-state index in [0.717, 1.165) is 6.42 Å². The number of rotatable bonds is 3. The van der Waals surface area contributed by atoms with Gasteiger partial charge in [-0.1, -0.05) is 25.5 Å². The van der Waals surface area contributed by atoms with Crippen LogP contribution in [0.1, 0.15) is 18.9 Å². The van der Waals surface area contributed by atoms with Crippen LogP contribution in [0.5, 0.6) is 5.75 Å². The summed E-state index contributed by atoms with van der Waals surface area (Å²) >= 11 is 0. The summed E-state index contributed by atoms with van der Waals surface area (Å²) in [5.74, 6) is -0.200. The maximum atomic E-state index is 10.4. The third-order valence-electron chi connectivity index (χ3n) is 1.81. The van der Waals surface area contributed by atoms with Gasteiger partial charge in [-0.2, -0.15) is 0 Å². The maximum absolute atomic E-state index is 10.4. The molecule has 0 aliphatic heterocycles. The van der Waals surface area contributed by atoms with Crippen molar-refractivity contribution in [2.45, 2.75) is 19.8 Å². The lowest BCUT2D eigenvalue weighted by Gasteiger charge is -2.02. The van der Waals surface area contributed by atoms with Gasteiger partial charge in [0.1, 0.15) is 0 Å². The normalized spacial score (nSPS) is 9.92. The second kappa shape index (κ2) is 3.89. The number of hydrogen-bond acceptors (Lipinski definition) is 3. The zero-order valence-corrected chi connectivity index (χ0v) is 7.36. The minimum Gasteiger partial charge on any atom is -0.502 e. The first-order valence-electron chi connectivity index (χ1n) is 4.12. The Kier molecular flexibility index (Phi) is 2.84. The van der Waals surface area contributed by atoms with Crippen molar-refractivity contribution in [3.05, 3.63) is 33.9 Å². The molecule has 1 rings (SSSR count). The van der Waals surface area contributed by atoms with Crippen LogP contribution in [0.3, 0.4) is 0 Å². The van der Waals surface area contributed by atoms with E-state index >= 15 is 0 Å². The van der Waals surface area contributed by atoms with E-state index in [2.05, 4.69) is 0 Å². The standard InChI is InChI=1S/C9H11NO3/c1-2-4-7-5-3-6-8(9(7)11)10(12)13/h3,5-6,11H,2,4H2,1H3. The van der Waals surface area contributed by atoms with Crippen molar-refractivity contribution < 1.29 is 10.0 Å². The number of phenolic OH excluding ortho intramolecular Hbond substituents is 1. The number of benzene rings is 1. The highest BCUT2D eigenvalue weighted by atomic mass is 16.6. The Morgan fingerprint density at radius 2 is 2.23 bits per heavy atom. The van der Waals surface area contributed by atoms with Gasteiger partial charge in [0, 0.05) is 11.6 Å². The van der Waals surface area contributed by atoms with Gasteiger partial charge in [-0.25, -0.2) is 0 Å². The molecule has 1 N–H and O–H groups in total. The summed E-state index contributed by atoms with van der Waals surface area (Å²) in [6, 6.07) is 4.59. The van der Waals surface area contributed by atoms with Crippen LogP contribution in [0.2, 0.25) is 0 Å². The average molecular weight is 181 g/mol. The molecule has 0 saturated carbocycles. The summed E-state index contributed by atoms with van der Waals surface area (Å²) < 4.78 is 0. The molecule has 0 amide bonds. The lowest BCUT2D eigenvalue weighted by atomic mass is 10.1. The Balaban J connectivity index is 3.10. The predicted octanol–water partition coefficient (Wildman–Crippen LogP) is 2.25. The van der Waals surface area contributed by atoms with Gasteiger partial charge in [-0.3, -0.25) is 10.1 Å². The lowest BCUT2D eigenvalue weighted by Crippen LogP contribution is -1.92. The number of nitrogens with zero attached hydrogens (tertiary/aromatic N) is 1. The van der Waals surface area contributed by atoms with Crippen LogP contribution in [-0.2, 0) is 6.42 Å². The molecule has 1 aromatic rings. The zero-order chi connectivity index (χ0) is 9.84. The maximum Gasteiger partial charge on any atom is 0.310 e. The molecule has 0 fully saturated rings. The first-order chi connectivity index (χ1) is 6.16. The van der Waals surface area contributed by atoms with E-state index in [9.17, 15) is 15.2 Å². The molecule has 4 nitrogen and oxygen atoms in total. The number of aryl methyl sites for hydroxylation is 1. The summed E-state index contributed by atoms with van der Waals surface area (Å²) in [5, 5.41) is 19.9. The van der Waals surface area contributed by atoms with E-state index in [4.69, 9.17) is 0 Å². The molecular weight excluding hydrogens is 170 g/mol. The van der Waals surface area contributed by atoms with Crippen LogP contribution in [-0.4, -0.2) is 10.0 Å². The molecule has 0 radical (unpaired) electrons.